The Labute approximate surface area is 110 Å². The van der Waals surface area contributed by atoms with Crippen LogP contribution in [0.15, 0.2) is 18.3 Å². The van der Waals surface area contributed by atoms with E-state index in [0.29, 0.717) is 18.5 Å². The molecule has 0 bridgehead atoms. The van der Waals surface area contributed by atoms with E-state index in [4.69, 9.17) is 4.74 Å². The van der Waals surface area contributed by atoms with Crippen molar-refractivity contribution in [3.8, 4) is 5.88 Å². The summed E-state index contributed by atoms with van der Waals surface area (Å²) in [5, 5.41) is 13.4. The third-order valence-electron chi connectivity index (χ3n) is 2.24. The van der Waals surface area contributed by atoms with Crippen molar-refractivity contribution < 1.29 is 14.5 Å². The van der Waals surface area contributed by atoms with Crippen LogP contribution in [-0.2, 0) is 4.79 Å². The zero-order chi connectivity index (χ0) is 14.3. The second-order valence-electron chi connectivity index (χ2n) is 3.73. The molecule has 0 aliphatic carbocycles. The minimum atomic E-state index is -0.541. The molecule has 0 aliphatic heterocycles. The van der Waals surface area contributed by atoms with Crippen molar-refractivity contribution in [2.75, 3.05) is 13.7 Å². The van der Waals surface area contributed by atoms with E-state index in [1.54, 1.807) is 6.08 Å². The minimum Gasteiger partial charge on any atom is -0.476 e. The van der Waals surface area contributed by atoms with Gasteiger partial charge >= 0.3 is 5.69 Å². The summed E-state index contributed by atoms with van der Waals surface area (Å²) in [6.45, 7) is 1.97. The number of nitrogens with zero attached hydrogens (tertiary/aromatic N) is 2. The van der Waals surface area contributed by atoms with Gasteiger partial charge in [0.15, 0.2) is 0 Å². The van der Waals surface area contributed by atoms with Gasteiger partial charge < -0.3 is 10.1 Å². The third-order valence-corrected chi connectivity index (χ3v) is 2.24. The molecule has 1 N–H and O–H groups in total. The number of hydrogen-bond donors (Lipinski definition) is 1. The van der Waals surface area contributed by atoms with Crippen LogP contribution in [0.2, 0.25) is 0 Å². The molecule has 0 aromatic carbocycles. The van der Waals surface area contributed by atoms with Crippen LogP contribution in [0.3, 0.4) is 0 Å². The minimum absolute atomic E-state index is 0.0135. The van der Waals surface area contributed by atoms with Crippen LogP contribution in [-0.4, -0.2) is 29.5 Å². The smallest absolute Gasteiger partial charge is 0.331 e. The van der Waals surface area contributed by atoms with E-state index in [0.717, 1.165) is 0 Å². The maximum atomic E-state index is 10.8. The van der Waals surface area contributed by atoms with Crippen LogP contribution >= 0.6 is 0 Å². The van der Waals surface area contributed by atoms with Crippen LogP contribution < -0.4 is 10.1 Å². The molecule has 1 amide bonds. The second kappa shape index (κ2) is 7.10. The first-order valence-electron chi connectivity index (χ1n) is 5.64. The number of carbonyl (C=O) groups excluding carboxylic acids is 1. The SMILES string of the molecule is COc1ncc(C=CCCNC(C)=O)cc1[N+](=O)[O-]. The van der Waals surface area contributed by atoms with E-state index < -0.39 is 4.92 Å². The Morgan fingerprint density at radius 2 is 2.37 bits per heavy atom. The lowest BCUT2D eigenvalue weighted by molar-refractivity contribution is -0.386. The number of rotatable bonds is 6. The Balaban J connectivity index is 2.69. The molecule has 0 saturated carbocycles. The predicted molar refractivity (Wildman–Crippen MR) is 69.8 cm³/mol. The van der Waals surface area contributed by atoms with Gasteiger partial charge in [-0.2, -0.15) is 0 Å². The highest BCUT2D eigenvalue weighted by atomic mass is 16.6. The summed E-state index contributed by atoms with van der Waals surface area (Å²) < 4.78 is 4.81. The monoisotopic (exact) mass is 265 g/mol. The number of hydrogen-bond acceptors (Lipinski definition) is 5. The first-order chi connectivity index (χ1) is 9.04. The molecular weight excluding hydrogens is 250 g/mol. The summed E-state index contributed by atoms with van der Waals surface area (Å²) in [7, 11) is 1.33. The highest BCUT2D eigenvalue weighted by molar-refractivity contribution is 5.72. The van der Waals surface area contributed by atoms with Crippen LogP contribution in [0.1, 0.15) is 18.9 Å². The number of nitro groups is 1. The average molecular weight is 265 g/mol. The molecule has 0 aliphatic rings. The van der Waals surface area contributed by atoms with Gasteiger partial charge in [0.25, 0.3) is 5.88 Å². The van der Waals surface area contributed by atoms with E-state index in [9.17, 15) is 14.9 Å². The quantitative estimate of drug-likeness (QED) is 0.478. The number of aromatic nitrogens is 1. The van der Waals surface area contributed by atoms with E-state index in [1.165, 1.54) is 26.3 Å². The van der Waals surface area contributed by atoms with Gasteiger partial charge in [0.2, 0.25) is 5.91 Å². The molecule has 7 heteroatoms. The molecule has 0 radical (unpaired) electrons. The van der Waals surface area contributed by atoms with Crippen molar-refractivity contribution in [1.82, 2.24) is 10.3 Å². The standard InChI is InChI=1S/C12H15N3O4/c1-9(16)13-6-4-3-5-10-7-11(15(17)18)12(19-2)14-8-10/h3,5,7-8H,4,6H2,1-2H3,(H,13,16). The van der Waals surface area contributed by atoms with Crippen molar-refractivity contribution in [3.63, 3.8) is 0 Å². The molecule has 0 fully saturated rings. The zero-order valence-electron chi connectivity index (χ0n) is 10.8. The maximum absolute atomic E-state index is 10.8. The molecule has 19 heavy (non-hydrogen) atoms. The summed E-state index contributed by atoms with van der Waals surface area (Å²) in [6, 6.07) is 1.39. The van der Waals surface area contributed by atoms with Gasteiger partial charge in [-0.25, -0.2) is 4.98 Å². The molecule has 1 rings (SSSR count). The highest BCUT2D eigenvalue weighted by Crippen LogP contribution is 2.24. The fourth-order valence-electron chi connectivity index (χ4n) is 1.39. The number of amides is 1. The van der Waals surface area contributed by atoms with Gasteiger partial charge in [-0.1, -0.05) is 12.2 Å². The fraction of sp³-hybridized carbons (Fsp3) is 0.333. The summed E-state index contributed by atoms with van der Waals surface area (Å²) in [5.74, 6) is -0.101. The lowest BCUT2D eigenvalue weighted by Gasteiger charge is -2.01. The number of pyridine rings is 1. The Morgan fingerprint density at radius 1 is 1.63 bits per heavy atom. The van der Waals surface area contributed by atoms with Gasteiger partial charge in [-0.05, 0) is 12.0 Å². The molecule has 1 aromatic heterocycles. The van der Waals surface area contributed by atoms with Crippen molar-refractivity contribution in [2.24, 2.45) is 0 Å². The largest absolute Gasteiger partial charge is 0.476 e. The lowest BCUT2D eigenvalue weighted by atomic mass is 10.2. The van der Waals surface area contributed by atoms with Gasteiger partial charge in [0.1, 0.15) is 0 Å². The molecule has 7 nitrogen and oxygen atoms in total. The Kier molecular flexibility index (Phi) is 5.46. The van der Waals surface area contributed by atoms with Crippen molar-refractivity contribution in [2.45, 2.75) is 13.3 Å². The average Bonchev–Trinajstić information content (AvgIpc) is 2.37. The fourth-order valence-corrected chi connectivity index (χ4v) is 1.39. The normalized spacial score (nSPS) is 10.4. The molecular formula is C12H15N3O4. The second-order valence-corrected chi connectivity index (χ2v) is 3.73. The lowest BCUT2D eigenvalue weighted by Crippen LogP contribution is -2.20. The van der Waals surface area contributed by atoms with E-state index in [1.807, 2.05) is 6.08 Å². The predicted octanol–water partition coefficient (Wildman–Crippen LogP) is 1.54. The van der Waals surface area contributed by atoms with Gasteiger partial charge in [0.05, 0.1) is 12.0 Å². The van der Waals surface area contributed by atoms with Crippen LogP contribution in [0.5, 0.6) is 5.88 Å². The van der Waals surface area contributed by atoms with Crippen LogP contribution in [0.4, 0.5) is 5.69 Å². The Bertz CT molecular complexity index is 500. The van der Waals surface area contributed by atoms with E-state index >= 15 is 0 Å². The Morgan fingerprint density at radius 3 is 2.95 bits per heavy atom. The molecule has 1 heterocycles. The number of nitrogens with one attached hydrogen (secondary N) is 1. The summed E-state index contributed by atoms with van der Waals surface area (Å²) in [5.41, 5.74) is 0.432. The topological polar surface area (TPSA) is 94.4 Å². The van der Waals surface area contributed by atoms with Gasteiger partial charge in [-0.3, -0.25) is 14.9 Å². The third kappa shape index (κ3) is 4.74. The molecule has 1 aromatic rings. The number of ether oxygens (including phenoxy) is 1. The first-order valence-corrected chi connectivity index (χ1v) is 5.64. The number of methoxy groups -OCH3 is 1. The first kappa shape index (κ1) is 14.6. The number of carbonyl (C=O) groups is 1. The van der Waals surface area contributed by atoms with Gasteiger partial charge in [-0.15, -0.1) is 0 Å². The molecule has 102 valence electrons. The van der Waals surface area contributed by atoms with Gasteiger partial charge in [0, 0.05) is 25.7 Å². The molecule has 0 unspecified atom stereocenters. The van der Waals surface area contributed by atoms with E-state index in [-0.39, 0.29) is 17.5 Å². The molecule has 0 atom stereocenters. The zero-order valence-corrected chi connectivity index (χ0v) is 10.8. The van der Waals surface area contributed by atoms with Crippen molar-refractivity contribution >= 4 is 17.7 Å². The molecule has 0 spiro atoms. The maximum Gasteiger partial charge on any atom is 0.331 e. The van der Waals surface area contributed by atoms with Crippen molar-refractivity contribution in [3.05, 3.63) is 34.0 Å². The van der Waals surface area contributed by atoms with Crippen LogP contribution in [0, 0.1) is 10.1 Å². The molecule has 0 saturated heterocycles. The Hall–Kier alpha value is -2.44. The summed E-state index contributed by atoms with van der Waals surface area (Å²) in [4.78, 5) is 24.8. The van der Waals surface area contributed by atoms with Crippen molar-refractivity contribution in [1.29, 1.82) is 0 Å². The van der Waals surface area contributed by atoms with E-state index in [2.05, 4.69) is 10.3 Å². The summed E-state index contributed by atoms with van der Waals surface area (Å²) in [6.07, 6.45) is 5.64. The highest BCUT2D eigenvalue weighted by Gasteiger charge is 2.15. The van der Waals surface area contributed by atoms with Crippen LogP contribution in [0.25, 0.3) is 6.08 Å². The summed E-state index contributed by atoms with van der Waals surface area (Å²) >= 11 is 0.